The van der Waals surface area contributed by atoms with E-state index in [1.807, 2.05) is 0 Å². The molecule has 1 amide bonds. The molecule has 1 aromatic carbocycles. The van der Waals surface area contributed by atoms with Crippen LogP contribution in [0.2, 0.25) is 0 Å². The lowest BCUT2D eigenvalue weighted by Gasteiger charge is -2.16. The molecule has 2 rings (SSSR count). The molecule has 0 bridgehead atoms. The summed E-state index contributed by atoms with van der Waals surface area (Å²) >= 11 is 0. The number of nitro groups is 1. The lowest BCUT2D eigenvalue weighted by atomic mass is 10.1. The zero-order valence-electron chi connectivity index (χ0n) is 13.6. The van der Waals surface area contributed by atoms with Gasteiger partial charge < -0.3 is 16.4 Å². The molecule has 0 radical (unpaired) electrons. The normalized spacial score (nSPS) is 15.2. The molecular weight excluding hydrogens is 332 g/mol. The van der Waals surface area contributed by atoms with Crippen molar-refractivity contribution in [1.82, 2.24) is 10.6 Å². The second-order valence-corrected chi connectivity index (χ2v) is 5.93. The molecule has 0 heterocycles. The van der Waals surface area contributed by atoms with Gasteiger partial charge in [-0.3, -0.25) is 14.9 Å². The van der Waals surface area contributed by atoms with E-state index in [2.05, 4.69) is 10.6 Å². The fourth-order valence-corrected chi connectivity index (χ4v) is 2.88. The Morgan fingerprint density at radius 2 is 1.88 bits per heavy atom. The van der Waals surface area contributed by atoms with Crippen LogP contribution in [-0.2, 0) is 0 Å². The van der Waals surface area contributed by atoms with Gasteiger partial charge in [-0.1, -0.05) is 25.7 Å². The molecule has 8 heteroatoms. The number of carbonyl (C=O) groups is 1. The van der Waals surface area contributed by atoms with E-state index in [0.717, 1.165) is 0 Å². The first kappa shape index (κ1) is 20.2. The number of hydrogen-bond acceptors (Lipinski definition) is 5. The monoisotopic (exact) mass is 356 g/mol. The number of nitro benzene ring substituents is 1. The standard InChI is InChI=1S/C16H24N4O3.ClH/c17-14-8-7-12(11-15(14)20(22)23)16(21)19-10-9-18-13-5-3-1-2-4-6-13;/h7-8,11,13,18H,1-6,9-10,17H2,(H,19,21);1H. The number of benzene rings is 1. The zero-order chi connectivity index (χ0) is 16.7. The molecule has 134 valence electrons. The summed E-state index contributed by atoms with van der Waals surface area (Å²) in [6, 6.07) is 4.63. The molecule has 0 aliphatic heterocycles. The summed E-state index contributed by atoms with van der Waals surface area (Å²) in [5, 5.41) is 17.1. The van der Waals surface area contributed by atoms with Crippen LogP contribution in [0.4, 0.5) is 11.4 Å². The average molecular weight is 357 g/mol. The Labute approximate surface area is 147 Å². The van der Waals surface area contributed by atoms with Crippen molar-refractivity contribution in [1.29, 1.82) is 0 Å². The van der Waals surface area contributed by atoms with Crippen LogP contribution in [0.3, 0.4) is 0 Å². The Bertz CT molecular complexity index is 560. The highest BCUT2D eigenvalue weighted by Crippen LogP contribution is 2.22. The van der Waals surface area contributed by atoms with Gasteiger partial charge in [0, 0.05) is 30.8 Å². The van der Waals surface area contributed by atoms with Gasteiger partial charge in [0.25, 0.3) is 11.6 Å². The molecule has 1 saturated carbocycles. The summed E-state index contributed by atoms with van der Waals surface area (Å²) < 4.78 is 0. The van der Waals surface area contributed by atoms with E-state index in [-0.39, 0.29) is 35.3 Å². The predicted molar refractivity (Wildman–Crippen MR) is 96.6 cm³/mol. The minimum atomic E-state index is -0.584. The molecule has 1 aliphatic rings. The lowest BCUT2D eigenvalue weighted by Crippen LogP contribution is -2.36. The van der Waals surface area contributed by atoms with E-state index >= 15 is 0 Å². The second kappa shape index (κ2) is 10.1. The molecule has 0 saturated heterocycles. The third-order valence-corrected chi connectivity index (χ3v) is 4.19. The third-order valence-electron chi connectivity index (χ3n) is 4.19. The summed E-state index contributed by atoms with van der Waals surface area (Å²) in [5.74, 6) is -0.323. The summed E-state index contributed by atoms with van der Waals surface area (Å²) in [5.41, 5.74) is 5.59. The van der Waals surface area contributed by atoms with Gasteiger partial charge in [0.1, 0.15) is 5.69 Å². The molecule has 0 spiro atoms. The Morgan fingerprint density at radius 3 is 2.50 bits per heavy atom. The van der Waals surface area contributed by atoms with Gasteiger partial charge in [-0.05, 0) is 25.0 Å². The van der Waals surface area contributed by atoms with Crippen LogP contribution in [0.5, 0.6) is 0 Å². The lowest BCUT2D eigenvalue weighted by molar-refractivity contribution is -0.383. The largest absolute Gasteiger partial charge is 0.393 e. The van der Waals surface area contributed by atoms with Crippen molar-refractivity contribution in [3.05, 3.63) is 33.9 Å². The third kappa shape index (κ3) is 5.98. The first-order valence-corrected chi connectivity index (χ1v) is 8.13. The average Bonchev–Trinajstić information content (AvgIpc) is 2.80. The van der Waals surface area contributed by atoms with Crippen LogP contribution in [0, 0.1) is 10.1 Å². The molecule has 7 nitrogen and oxygen atoms in total. The fraction of sp³-hybridized carbons (Fsp3) is 0.562. The number of nitrogens with two attached hydrogens (primary N) is 1. The van der Waals surface area contributed by atoms with Gasteiger partial charge in [0.2, 0.25) is 0 Å². The Balaban J connectivity index is 0.00000288. The van der Waals surface area contributed by atoms with Gasteiger partial charge in [0.05, 0.1) is 4.92 Å². The fourth-order valence-electron chi connectivity index (χ4n) is 2.88. The minimum absolute atomic E-state index is 0. The first-order valence-electron chi connectivity index (χ1n) is 8.13. The molecule has 0 aromatic heterocycles. The minimum Gasteiger partial charge on any atom is -0.393 e. The number of carbonyl (C=O) groups excluding carboxylic acids is 1. The molecular formula is C16H25ClN4O3. The first-order chi connectivity index (χ1) is 11.1. The molecule has 1 fully saturated rings. The van der Waals surface area contributed by atoms with Gasteiger partial charge in [0.15, 0.2) is 0 Å². The van der Waals surface area contributed by atoms with Crippen molar-refractivity contribution in [2.75, 3.05) is 18.8 Å². The molecule has 0 unspecified atom stereocenters. The summed E-state index contributed by atoms with van der Waals surface area (Å²) in [7, 11) is 0. The maximum atomic E-state index is 12.0. The van der Waals surface area contributed by atoms with Crippen LogP contribution < -0.4 is 16.4 Å². The Kier molecular flexibility index (Phi) is 8.49. The van der Waals surface area contributed by atoms with Crippen LogP contribution in [-0.4, -0.2) is 30.0 Å². The van der Waals surface area contributed by atoms with E-state index in [9.17, 15) is 14.9 Å². The number of halogens is 1. The van der Waals surface area contributed by atoms with Crippen molar-refractivity contribution >= 4 is 29.7 Å². The van der Waals surface area contributed by atoms with Crippen molar-refractivity contribution in [2.45, 2.75) is 44.6 Å². The van der Waals surface area contributed by atoms with Crippen molar-refractivity contribution < 1.29 is 9.72 Å². The van der Waals surface area contributed by atoms with Crippen molar-refractivity contribution in [3.63, 3.8) is 0 Å². The number of nitrogens with one attached hydrogen (secondary N) is 2. The zero-order valence-corrected chi connectivity index (χ0v) is 14.4. The quantitative estimate of drug-likeness (QED) is 0.238. The molecule has 1 aromatic rings. The summed E-state index contributed by atoms with van der Waals surface area (Å²) in [6.45, 7) is 1.20. The van der Waals surface area contributed by atoms with Gasteiger partial charge in [-0.25, -0.2) is 0 Å². The summed E-state index contributed by atoms with van der Waals surface area (Å²) in [6.07, 6.45) is 7.53. The van der Waals surface area contributed by atoms with Crippen LogP contribution in [0.1, 0.15) is 48.9 Å². The van der Waals surface area contributed by atoms with Crippen LogP contribution in [0.15, 0.2) is 18.2 Å². The highest BCUT2D eigenvalue weighted by Gasteiger charge is 2.15. The van der Waals surface area contributed by atoms with E-state index in [4.69, 9.17) is 5.73 Å². The van der Waals surface area contributed by atoms with Crippen LogP contribution >= 0.6 is 12.4 Å². The maximum Gasteiger partial charge on any atom is 0.292 e. The molecule has 1 aliphatic carbocycles. The number of anilines is 1. The van der Waals surface area contributed by atoms with Crippen molar-refractivity contribution in [3.8, 4) is 0 Å². The van der Waals surface area contributed by atoms with Crippen LogP contribution in [0.25, 0.3) is 0 Å². The SMILES string of the molecule is Cl.Nc1ccc(C(=O)NCCNC2CCCCCC2)cc1[N+](=O)[O-]. The van der Waals surface area contributed by atoms with E-state index in [1.54, 1.807) is 0 Å². The molecule has 24 heavy (non-hydrogen) atoms. The van der Waals surface area contributed by atoms with E-state index in [0.29, 0.717) is 19.1 Å². The predicted octanol–water partition coefficient (Wildman–Crippen LogP) is 2.64. The highest BCUT2D eigenvalue weighted by atomic mass is 35.5. The number of nitrogens with zero attached hydrogens (tertiary/aromatic N) is 1. The Hall–Kier alpha value is -1.86. The topological polar surface area (TPSA) is 110 Å². The second-order valence-electron chi connectivity index (χ2n) is 5.93. The van der Waals surface area contributed by atoms with Gasteiger partial charge >= 0.3 is 0 Å². The molecule has 4 N–H and O–H groups in total. The maximum absolute atomic E-state index is 12.0. The number of hydrogen-bond donors (Lipinski definition) is 3. The van der Waals surface area contributed by atoms with E-state index in [1.165, 1.54) is 56.7 Å². The summed E-state index contributed by atoms with van der Waals surface area (Å²) in [4.78, 5) is 22.3. The smallest absolute Gasteiger partial charge is 0.292 e. The van der Waals surface area contributed by atoms with Gasteiger partial charge in [-0.15, -0.1) is 12.4 Å². The number of nitrogen functional groups attached to an aromatic ring is 1. The van der Waals surface area contributed by atoms with Crippen molar-refractivity contribution in [2.24, 2.45) is 0 Å². The number of amides is 1. The Morgan fingerprint density at radius 1 is 1.21 bits per heavy atom. The molecule has 0 atom stereocenters. The van der Waals surface area contributed by atoms with Gasteiger partial charge in [-0.2, -0.15) is 0 Å². The number of rotatable bonds is 6. The highest BCUT2D eigenvalue weighted by molar-refractivity contribution is 5.95. The van der Waals surface area contributed by atoms with E-state index < -0.39 is 4.92 Å².